The molecule has 3 heterocycles. The molecule has 1 aliphatic heterocycles. The van der Waals surface area contributed by atoms with Crippen molar-refractivity contribution in [2.45, 2.75) is 46.2 Å². The van der Waals surface area contributed by atoms with Gasteiger partial charge in [0.05, 0.1) is 0 Å². The van der Waals surface area contributed by atoms with E-state index in [1.54, 1.807) is 4.57 Å². The highest BCUT2D eigenvalue weighted by Crippen LogP contribution is 2.35. The zero-order valence-corrected chi connectivity index (χ0v) is 17.0. The summed E-state index contributed by atoms with van der Waals surface area (Å²) < 4.78 is 26.5. The number of fused-ring (bicyclic) bond motifs is 2. The van der Waals surface area contributed by atoms with Gasteiger partial charge in [-0.3, -0.25) is 4.79 Å². The number of halogens is 1. The molecule has 0 radical (unpaired) electrons. The number of nitrogens with zero attached hydrogens (tertiary/aromatic N) is 4. The van der Waals surface area contributed by atoms with E-state index in [9.17, 15) is 9.18 Å². The number of hydrogen-bond donors (Lipinski definition) is 2. The first-order chi connectivity index (χ1) is 14.3. The Kier molecular flexibility index (Phi) is 5.15. The number of aromatic nitrogens is 4. The molecule has 4 rings (SSSR count). The summed E-state index contributed by atoms with van der Waals surface area (Å²) in [5.41, 5.74) is 8.43. The number of carbonyl (C=O) groups is 1. The summed E-state index contributed by atoms with van der Waals surface area (Å²) in [6, 6.07) is 3.85. The first-order valence-corrected chi connectivity index (χ1v) is 9.68. The van der Waals surface area contributed by atoms with E-state index >= 15 is 0 Å². The summed E-state index contributed by atoms with van der Waals surface area (Å²) in [5.74, 6) is 1.83. The highest BCUT2D eigenvalue weighted by molar-refractivity contribution is 5.82. The average molecular weight is 414 g/mol. The zero-order chi connectivity index (χ0) is 21.4. The Balaban J connectivity index is 1.71. The Hall–Kier alpha value is -3.43. The van der Waals surface area contributed by atoms with Crippen LogP contribution in [0.25, 0.3) is 11.2 Å². The second-order valence-electron chi connectivity index (χ2n) is 7.51. The number of ether oxygens (including phenoxy) is 2. The summed E-state index contributed by atoms with van der Waals surface area (Å²) in [4.78, 5) is 24.2. The molecular weight excluding hydrogens is 391 g/mol. The highest BCUT2D eigenvalue weighted by atomic mass is 19.1. The third kappa shape index (κ3) is 3.85. The maximum absolute atomic E-state index is 13.8. The normalized spacial score (nSPS) is 12.7. The molecule has 0 spiro atoms. The van der Waals surface area contributed by atoms with Crippen LogP contribution in [0.1, 0.15) is 37.2 Å². The van der Waals surface area contributed by atoms with Gasteiger partial charge in [0.2, 0.25) is 12.7 Å². The highest BCUT2D eigenvalue weighted by Gasteiger charge is 2.21. The minimum Gasteiger partial charge on any atom is -0.454 e. The van der Waals surface area contributed by atoms with Gasteiger partial charge in [-0.25, -0.2) is 4.98 Å². The van der Waals surface area contributed by atoms with Crippen LogP contribution in [0.2, 0.25) is 0 Å². The predicted molar refractivity (Wildman–Crippen MR) is 108 cm³/mol. The van der Waals surface area contributed by atoms with Crippen LogP contribution in [0, 0.1) is 13.0 Å². The van der Waals surface area contributed by atoms with Crippen molar-refractivity contribution in [3.05, 3.63) is 35.2 Å². The Morgan fingerprint density at radius 1 is 1.27 bits per heavy atom. The van der Waals surface area contributed by atoms with Gasteiger partial charge >= 0.3 is 6.08 Å². The van der Waals surface area contributed by atoms with Gasteiger partial charge in [-0.15, -0.1) is 0 Å². The fourth-order valence-electron chi connectivity index (χ4n) is 3.46. The van der Waals surface area contributed by atoms with E-state index < -0.39 is 6.08 Å². The van der Waals surface area contributed by atoms with Crippen molar-refractivity contribution in [2.75, 3.05) is 12.5 Å². The Morgan fingerprint density at radius 3 is 2.73 bits per heavy atom. The Labute approximate surface area is 172 Å². The summed E-state index contributed by atoms with van der Waals surface area (Å²) in [7, 11) is 0. The second-order valence-corrected chi connectivity index (χ2v) is 7.51. The lowest BCUT2D eigenvalue weighted by molar-refractivity contribution is -0.121. The van der Waals surface area contributed by atoms with E-state index in [2.05, 4.69) is 20.3 Å². The monoisotopic (exact) mass is 414 g/mol. The minimum atomic E-state index is -0.932. The fraction of sp³-hybridized carbons (Fsp3) is 0.400. The standard InChI is InChI=1S/C20H23FN6O3/c1-10(2)23-16(28)4-5-27-15(24-17-18(22)25-20(21)26-19(17)27)8-12-7-14-13(6-11(12)3)29-9-30-14/h6-7,10H,4-5,8-9H2,1-3H3,(H,23,28)(H2,22,25,26). The number of imidazole rings is 1. The smallest absolute Gasteiger partial charge is 0.312 e. The fourth-order valence-corrected chi connectivity index (χ4v) is 3.46. The third-order valence-corrected chi connectivity index (χ3v) is 4.87. The van der Waals surface area contributed by atoms with Crippen LogP contribution in [0.5, 0.6) is 11.5 Å². The maximum Gasteiger partial charge on any atom is 0.312 e. The van der Waals surface area contributed by atoms with Crippen LogP contribution in [0.15, 0.2) is 12.1 Å². The van der Waals surface area contributed by atoms with Crippen molar-refractivity contribution in [3.8, 4) is 11.5 Å². The minimum absolute atomic E-state index is 0.0307. The van der Waals surface area contributed by atoms with E-state index in [1.807, 2.05) is 32.9 Å². The lowest BCUT2D eigenvalue weighted by Crippen LogP contribution is -2.30. The van der Waals surface area contributed by atoms with E-state index in [4.69, 9.17) is 15.2 Å². The Bertz CT molecular complexity index is 1130. The van der Waals surface area contributed by atoms with Gasteiger partial charge in [-0.05, 0) is 44.0 Å². The van der Waals surface area contributed by atoms with Crippen LogP contribution in [0.4, 0.5) is 10.2 Å². The van der Waals surface area contributed by atoms with Gasteiger partial charge in [0.15, 0.2) is 28.5 Å². The van der Waals surface area contributed by atoms with Gasteiger partial charge < -0.3 is 25.1 Å². The maximum atomic E-state index is 13.8. The molecule has 2 aromatic heterocycles. The van der Waals surface area contributed by atoms with Crippen molar-refractivity contribution in [1.82, 2.24) is 24.8 Å². The number of rotatable bonds is 6. The number of anilines is 1. The molecule has 10 heteroatoms. The first kappa shape index (κ1) is 19.9. The van der Waals surface area contributed by atoms with Crippen molar-refractivity contribution in [2.24, 2.45) is 0 Å². The number of nitrogen functional groups attached to an aromatic ring is 1. The number of hydrogen-bond acceptors (Lipinski definition) is 7. The van der Waals surface area contributed by atoms with Gasteiger partial charge in [-0.2, -0.15) is 14.4 Å². The molecular formula is C20H23FN6O3. The molecule has 3 aromatic rings. The zero-order valence-electron chi connectivity index (χ0n) is 17.0. The number of nitrogens with one attached hydrogen (secondary N) is 1. The lowest BCUT2D eigenvalue weighted by atomic mass is 10.0. The molecule has 0 saturated carbocycles. The van der Waals surface area contributed by atoms with Crippen LogP contribution >= 0.6 is 0 Å². The van der Waals surface area contributed by atoms with E-state index in [1.165, 1.54) is 0 Å². The molecule has 30 heavy (non-hydrogen) atoms. The molecule has 1 aromatic carbocycles. The van der Waals surface area contributed by atoms with Crippen LogP contribution < -0.4 is 20.5 Å². The molecule has 158 valence electrons. The second kappa shape index (κ2) is 7.77. The molecule has 0 bridgehead atoms. The van der Waals surface area contributed by atoms with Crippen molar-refractivity contribution < 1.29 is 18.7 Å². The molecule has 1 amide bonds. The van der Waals surface area contributed by atoms with Crippen LogP contribution in [0.3, 0.4) is 0 Å². The molecule has 0 saturated heterocycles. The number of benzene rings is 1. The first-order valence-electron chi connectivity index (χ1n) is 9.68. The molecule has 0 atom stereocenters. The molecule has 0 unspecified atom stereocenters. The third-order valence-electron chi connectivity index (χ3n) is 4.87. The van der Waals surface area contributed by atoms with Gasteiger partial charge in [-0.1, -0.05) is 0 Å². The summed E-state index contributed by atoms with van der Waals surface area (Å²) in [5, 5.41) is 2.85. The van der Waals surface area contributed by atoms with Crippen molar-refractivity contribution in [3.63, 3.8) is 0 Å². The number of aryl methyl sites for hydroxylation is 2. The predicted octanol–water partition coefficient (Wildman–Crippen LogP) is 2.09. The Morgan fingerprint density at radius 2 is 2.00 bits per heavy atom. The van der Waals surface area contributed by atoms with Crippen molar-refractivity contribution >= 4 is 22.9 Å². The molecule has 0 fully saturated rings. The lowest BCUT2D eigenvalue weighted by Gasteiger charge is -2.12. The van der Waals surface area contributed by atoms with E-state index in [-0.39, 0.29) is 43.2 Å². The number of amides is 1. The van der Waals surface area contributed by atoms with E-state index in [0.717, 1.165) is 11.1 Å². The summed E-state index contributed by atoms with van der Waals surface area (Å²) >= 11 is 0. The molecule has 3 N–H and O–H groups in total. The van der Waals surface area contributed by atoms with Gasteiger partial charge in [0.1, 0.15) is 5.82 Å². The van der Waals surface area contributed by atoms with Gasteiger partial charge in [0, 0.05) is 25.4 Å². The molecule has 9 nitrogen and oxygen atoms in total. The average Bonchev–Trinajstić information content (AvgIpc) is 3.24. The summed E-state index contributed by atoms with van der Waals surface area (Å²) in [6.45, 7) is 6.22. The van der Waals surface area contributed by atoms with Crippen LogP contribution in [-0.4, -0.2) is 38.3 Å². The number of nitrogens with two attached hydrogens (primary N) is 1. The topological polar surface area (TPSA) is 117 Å². The number of carbonyl (C=O) groups excluding carboxylic acids is 1. The summed E-state index contributed by atoms with van der Waals surface area (Å²) in [6.07, 6.45) is -0.313. The quantitative estimate of drug-likeness (QED) is 0.593. The van der Waals surface area contributed by atoms with Crippen LogP contribution in [-0.2, 0) is 17.8 Å². The van der Waals surface area contributed by atoms with Gasteiger partial charge in [0.25, 0.3) is 0 Å². The SMILES string of the molecule is Cc1cc2c(cc1Cc1nc3c(N)nc(F)nc3n1CCC(=O)NC(C)C)OCO2. The van der Waals surface area contributed by atoms with E-state index in [0.29, 0.717) is 29.3 Å². The van der Waals surface area contributed by atoms with Crippen molar-refractivity contribution in [1.29, 1.82) is 0 Å². The molecule has 0 aliphatic carbocycles. The largest absolute Gasteiger partial charge is 0.454 e. The molecule has 1 aliphatic rings.